The molecule has 6 heteroatoms. The number of piperidine rings is 1. The lowest BCUT2D eigenvalue weighted by Gasteiger charge is -2.30. The molecule has 1 aromatic carbocycles. The van der Waals surface area contributed by atoms with Gasteiger partial charge in [0.25, 0.3) is 5.91 Å². The first-order chi connectivity index (χ1) is 11.6. The summed E-state index contributed by atoms with van der Waals surface area (Å²) in [6.07, 6.45) is 1.29. The molecule has 2 aromatic rings. The van der Waals surface area contributed by atoms with E-state index >= 15 is 0 Å². The largest absolute Gasteiger partial charge is 0.461 e. The van der Waals surface area contributed by atoms with Crippen LogP contribution in [-0.2, 0) is 16.1 Å². The van der Waals surface area contributed by atoms with Crippen molar-refractivity contribution >= 4 is 34.8 Å². The summed E-state index contributed by atoms with van der Waals surface area (Å²) in [6, 6.07) is 11.0. The monoisotopic (exact) mass is 363 g/mol. The standard InChI is InChI=1S/C18H18ClNO3S/c19-15-4-1-3-13(11-15)12-23-18(22)14-6-8-20(9-7-14)17(21)16-5-2-10-24-16/h1-5,10-11,14H,6-9,12H2. The van der Waals surface area contributed by atoms with Gasteiger partial charge in [0.2, 0.25) is 0 Å². The fourth-order valence-electron chi connectivity index (χ4n) is 2.77. The van der Waals surface area contributed by atoms with Gasteiger partial charge in [-0.1, -0.05) is 29.8 Å². The zero-order chi connectivity index (χ0) is 16.9. The second-order valence-electron chi connectivity index (χ2n) is 5.78. The van der Waals surface area contributed by atoms with Crippen LogP contribution < -0.4 is 0 Å². The number of rotatable bonds is 4. The number of halogens is 1. The summed E-state index contributed by atoms with van der Waals surface area (Å²) >= 11 is 7.36. The van der Waals surface area contributed by atoms with Gasteiger partial charge in [-0.2, -0.15) is 0 Å². The third-order valence-electron chi connectivity index (χ3n) is 4.12. The first-order valence-corrected chi connectivity index (χ1v) is 9.13. The van der Waals surface area contributed by atoms with Crippen LogP contribution in [0.5, 0.6) is 0 Å². The smallest absolute Gasteiger partial charge is 0.309 e. The van der Waals surface area contributed by atoms with Gasteiger partial charge in [-0.3, -0.25) is 9.59 Å². The number of thiophene rings is 1. The minimum atomic E-state index is -0.196. The fraction of sp³-hybridized carbons (Fsp3) is 0.333. The molecule has 0 spiro atoms. The molecule has 0 aliphatic carbocycles. The number of hydrogen-bond donors (Lipinski definition) is 0. The summed E-state index contributed by atoms with van der Waals surface area (Å²) in [6.45, 7) is 1.41. The van der Waals surface area contributed by atoms with Crippen LogP contribution in [0, 0.1) is 5.92 Å². The lowest BCUT2D eigenvalue weighted by Crippen LogP contribution is -2.40. The predicted octanol–water partition coefficient (Wildman–Crippen LogP) is 4.00. The Labute approximate surface area is 150 Å². The molecule has 126 valence electrons. The highest BCUT2D eigenvalue weighted by molar-refractivity contribution is 7.12. The van der Waals surface area contributed by atoms with Crippen molar-refractivity contribution in [3.05, 3.63) is 57.2 Å². The zero-order valence-electron chi connectivity index (χ0n) is 13.1. The molecule has 1 aromatic heterocycles. The molecule has 1 aliphatic rings. The Morgan fingerprint density at radius 3 is 2.67 bits per heavy atom. The van der Waals surface area contributed by atoms with Crippen LogP contribution in [0.2, 0.25) is 5.02 Å². The Balaban J connectivity index is 1.47. The number of amides is 1. The van der Waals surface area contributed by atoms with E-state index < -0.39 is 0 Å². The van der Waals surface area contributed by atoms with E-state index in [4.69, 9.17) is 16.3 Å². The minimum Gasteiger partial charge on any atom is -0.461 e. The Bertz CT molecular complexity index is 709. The second-order valence-corrected chi connectivity index (χ2v) is 7.17. The molecule has 0 bridgehead atoms. The predicted molar refractivity (Wildman–Crippen MR) is 94.2 cm³/mol. The average Bonchev–Trinajstić information content (AvgIpc) is 3.14. The first kappa shape index (κ1) is 17.0. The maximum Gasteiger partial charge on any atom is 0.309 e. The summed E-state index contributed by atoms with van der Waals surface area (Å²) < 4.78 is 5.39. The molecule has 2 heterocycles. The number of carbonyl (C=O) groups excluding carboxylic acids is 2. The summed E-state index contributed by atoms with van der Waals surface area (Å²) in [5.41, 5.74) is 0.876. The van der Waals surface area contributed by atoms with Crippen LogP contribution in [0.1, 0.15) is 28.1 Å². The van der Waals surface area contributed by atoms with E-state index in [1.807, 2.05) is 34.5 Å². The highest BCUT2D eigenvalue weighted by atomic mass is 35.5. The lowest BCUT2D eigenvalue weighted by molar-refractivity contribution is -0.151. The SMILES string of the molecule is O=C(OCc1cccc(Cl)c1)C1CCN(C(=O)c2cccs2)CC1. The summed E-state index contributed by atoms with van der Waals surface area (Å²) in [5, 5.41) is 2.52. The van der Waals surface area contributed by atoms with Crippen molar-refractivity contribution in [2.24, 2.45) is 5.92 Å². The minimum absolute atomic E-state index is 0.0516. The molecule has 1 amide bonds. The molecule has 0 N–H and O–H groups in total. The first-order valence-electron chi connectivity index (χ1n) is 7.87. The highest BCUT2D eigenvalue weighted by Crippen LogP contribution is 2.22. The number of ether oxygens (including phenoxy) is 1. The van der Waals surface area contributed by atoms with E-state index in [1.54, 1.807) is 12.1 Å². The van der Waals surface area contributed by atoms with Gasteiger partial charge >= 0.3 is 5.97 Å². The molecule has 0 saturated carbocycles. The van der Waals surface area contributed by atoms with Crippen LogP contribution in [0.25, 0.3) is 0 Å². The van der Waals surface area contributed by atoms with Crippen molar-refractivity contribution < 1.29 is 14.3 Å². The molecule has 0 unspecified atom stereocenters. The lowest BCUT2D eigenvalue weighted by atomic mass is 9.97. The Hall–Kier alpha value is -1.85. The summed E-state index contributed by atoms with van der Waals surface area (Å²) in [7, 11) is 0. The van der Waals surface area contributed by atoms with Gasteiger partial charge in [0.1, 0.15) is 6.61 Å². The third kappa shape index (κ3) is 4.16. The molecule has 0 radical (unpaired) electrons. The van der Waals surface area contributed by atoms with Crippen LogP contribution in [-0.4, -0.2) is 29.9 Å². The highest BCUT2D eigenvalue weighted by Gasteiger charge is 2.29. The summed E-state index contributed by atoms with van der Waals surface area (Å²) in [5.74, 6) is -0.287. The molecular formula is C18H18ClNO3S. The molecule has 0 atom stereocenters. The van der Waals surface area contributed by atoms with Crippen LogP contribution in [0.4, 0.5) is 0 Å². The molecule has 1 aliphatic heterocycles. The van der Waals surface area contributed by atoms with Crippen molar-refractivity contribution in [2.45, 2.75) is 19.4 Å². The molecule has 1 fully saturated rings. The van der Waals surface area contributed by atoms with Crippen molar-refractivity contribution in [3.8, 4) is 0 Å². The van der Waals surface area contributed by atoms with Crippen molar-refractivity contribution in [1.29, 1.82) is 0 Å². The van der Waals surface area contributed by atoms with Gasteiger partial charge in [-0.25, -0.2) is 0 Å². The molecule has 24 heavy (non-hydrogen) atoms. The fourth-order valence-corrected chi connectivity index (χ4v) is 3.68. The topological polar surface area (TPSA) is 46.6 Å². The van der Waals surface area contributed by atoms with Crippen LogP contribution >= 0.6 is 22.9 Å². The number of nitrogens with zero attached hydrogens (tertiary/aromatic N) is 1. The Morgan fingerprint density at radius 2 is 2.00 bits per heavy atom. The Morgan fingerprint density at radius 1 is 1.21 bits per heavy atom. The number of benzene rings is 1. The number of hydrogen-bond acceptors (Lipinski definition) is 4. The second kappa shape index (κ2) is 7.81. The van der Waals surface area contributed by atoms with Crippen LogP contribution in [0.15, 0.2) is 41.8 Å². The third-order valence-corrected chi connectivity index (χ3v) is 5.21. The van der Waals surface area contributed by atoms with Gasteiger partial charge in [-0.15, -0.1) is 11.3 Å². The summed E-state index contributed by atoms with van der Waals surface area (Å²) in [4.78, 5) is 27.1. The maximum atomic E-state index is 12.3. The van der Waals surface area contributed by atoms with Gasteiger partial charge < -0.3 is 9.64 Å². The van der Waals surface area contributed by atoms with Crippen LogP contribution in [0.3, 0.4) is 0 Å². The number of likely N-dealkylation sites (tertiary alicyclic amines) is 1. The normalized spacial score (nSPS) is 15.3. The van der Waals surface area contributed by atoms with E-state index in [1.165, 1.54) is 11.3 Å². The maximum absolute atomic E-state index is 12.3. The van der Waals surface area contributed by atoms with E-state index in [9.17, 15) is 9.59 Å². The quantitative estimate of drug-likeness (QED) is 0.771. The van der Waals surface area contributed by atoms with E-state index in [0.717, 1.165) is 10.4 Å². The average molecular weight is 364 g/mol. The van der Waals surface area contributed by atoms with Gasteiger partial charge in [0.15, 0.2) is 0 Å². The van der Waals surface area contributed by atoms with E-state index in [0.29, 0.717) is 31.0 Å². The van der Waals surface area contributed by atoms with Gasteiger partial charge in [0, 0.05) is 18.1 Å². The molecule has 1 saturated heterocycles. The molecule has 3 rings (SSSR count). The molecular weight excluding hydrogens is 346 g/mol. The van der Waals surface area contributed by atoms with E-state index in [2.05, 4.69) is 0 Å². The van der Waals surface area contributed by atoms with Crippen molar-refractivity contribution in [2.75, 3.05) is 13.1 Å². The van der Waals surface area contributed by atoms with Crippen molar-refractivity contribution in [1.82, 2.24) is 4.90 Å². The van der Waals surface area contributed by atoms with Gasteiger partial charge in [0.05, 0.1) is 10.8 Å². The molecule has 4 nitrogen and oxygen atoms in total. The van der Waals surface area contributed by atoms with E-state index in [-0.39, 0.29) is 24.4 Å². The Kier molecular flexibility index (Phi) is 5.53. The van der Waals surface area contributed by atoms with Crippen molar-refractivity contribution in [3.63, 3.8) is 0 Å². The van der Waals surface area contributed by atoms with Gasteiger partial charge in [-0.05, 0) is 42.0 Å². The zero-order valence-corrected chi connectivity index (χ0v) is 14.7. The number of carbonyl (C=O) groups is 2. The number of esters is 1.